The maximum Gasteiger partial charge on any atom is 0.244 e. The first kappa shape index (κ1) is 18.3. The lowest BCUT2D eigenvalue weighted by Crippen LogP contribution is -2.24. The summed E-state index contributed by atoms with van der Waals surface area (Å²) in [6.45, 7) is 5.04. The molecule has 0 spiro atoms. The molecule has 0 atom stereocenters. The minimum absolute atomic E-state index is 0.123. The van der Waals surface area contributed by atoms with E-state index in [0.717, 1.165) is 34.7 Å². The highest BCUT2D eigenvalue weighted by atomic mass is 35.5. The number of amides is 1. The molecule has 1 aromatic heterocycles. The van der Waals surface area contributed by atoms with Gasteiger partial charge in [0.1, 0.15) is 12.4 Å². The Kier molecular flexibility index (Phi) is 5.47. The van der Waals surface area contributed by atoms with Gasteiger partial charge in [-0.2, -0.15) is 5.10 Å². The van der Waals surface area contributed by atoms with Gasteiger partial charge in [-0.1, -0.05) is 17.7 Å². The van der Waals surface area contributed by atoms with Crippen LogP contribution < -0.4 is 10.1 Å². The lowest BCUT2D eigenvalue weighted by molar-refractivity contribution is -0.116. The van der Waals surface area contributed by atoms with Crippen molar-refractivity contribution in [1.82, 2.24) is 15.1 Å². The number of rotatable bonds is 5. The van der Waals surface area contributed by atoms with E-state index in [0.29, 0.717) is 18.2 Å². The quantitative estimate of drug-likeness (QED) is 0.820. The Morgan fingerprint density at radius 1 is 1.42 bits per heavy atom. The first-order valence-electron chi connectivity index (χ1n) is 8.52. The molecule has 3 rings (SSSR count). The molecule has 0 bridgehead atoms. The molecule has 0 aliphatic carbocycles. The Hall–Kier alpha value is -2.53. The first-order chi connectivity index (χ1) is 12.4. The minimum Gasteiger partial charge on any atom is -0.488 e. The predicted octanol–water partition coefficient (Wildman–Crippen LogP) is 3.38. The largest absolute Gasteiger partial charge is 0.488 e. The highest BCUT2D eigenvalue weighted by Crippen LogP contribution is 2.29. The Labute approximate surface area is 158 Å². The molecule has 6 heteroatoms. The number of hydrogen-bond acceptors (Lipinski definition) is 3. The normalized spacial score (nSPS) is 13.3. The van der Waals surface area contributed by atoms with Gasteiger partial charge in [0.25, 0.3) is 0 Å². The number of fused-ring (bicyclic) bond motifs is 1. The zero-order valence-electron chi connectivity index (χ0n) is 15.2. The fourth-order valence-electron chi connectivity index (χ4n) is 2.99. The maximum absolute atomic E-state index is 12.0. The molecule has 1 aliphatic rings. The number of nitrogens with zero attached hydrogens (tertiary/aromatic N) is 2. The molecular weight excluding hydrogens is 350 g/mol. The number of hydrogen-bond donors (Lipinski definition) is 1. The molecule has 2 heterocycles. The summed E-state index contributed by atoms with van der Waals surface area (Å²) in [4.78, 5) is 12.0. The predicted molar refractivity (Wildman–Crippen MR) is 103 cm³/mol. The van der Waals surface area contributed by atoms with E-state index in [2.05, 4.69) is 10.4 Å². The number of benzene rings is 1. The fourth-order valence-corrected chi connectivity index (χ4v) is 3.17. The van der Waals surface area contributed by atoms with Crippen LogP contribution in [-0.4, -0.2) is 28.8 Å². The number of halogens is 1. The van der Waals surface area contributed by atoms with Gasteiger partial charge in [0.2, 0.25) is 5.91 Å². The van der Waals surface area contributed by atoms with Crippen LogP contribution in [0.1, 0.15) is 22.5 Å². The van der Waals surface area contributed by atoms with Gasteiger partial charge in [-0.25, -0.2) is 0 Å². The van der Waals surface area contributed by atoms with Gasteiger partial charge in [-0.3, -0.25) is 9.48 Å². The third-order valence-corrected chi connectivity index (χ3v) is 4.72. The number of aryl methyl sites for hydroxylation is 2. The monoisotopic (exact) mass is 371 g/mol. The van der Waals surface area contributed by atoms with Gasteiger partial charge in [0, 0.05) is 35.9 Å². The molecule has 1 amide bonds. The molecule has 0 radical (unpaired) electrons. The molecule has 1 aromatic carbocycles. The Bertz CT molecular complexity index is 897. The molecule has 0 saturated heterocycles. The van der Waals surface area contributed by atoms with Crippen LogP contribution in [0.15, 0.2) is 35.9 Å². The Morgan fingerprint density at radius 3 is 2.96 bits per heavy atom. The fraction of sp³-hybridized carbons (Fsp3) is 0.300. The van der Waals surface area contributed by atoms with Crippen LogP contribution in [0.3, 0.4) is 0 Å². The molecule has 1 aliphatic heterocycles. The molecule has 0 unspecified atom stereocenters. The standard InChI is InChI=1S/C20H22ClN3O2/c1-13-18(14(2)24(3)23-13)8-9-22-20(25)7-4-15-10-16-11-17(21)5-6-19(16)26-12-15/h4-7,10-11H,8-9,12H2,1-3H3,(H,22,25)/b7-4+. The molecular formula is C20H22ClN3O2. The number of carbonyl (C=O) groups is 1. The first-order valence-corrected chi connectivity index (χ1v) is 8.90. The van der Waals surface area contributed by atoms with Crippen molar-refractivity contribution in [3.05, 3.63) is 63.5 Å². The van der Waals surface area contributed by atoms with Crippen LogP contribution in [0.2, 0.25) is 5.02 Å². The average Bonchev–Trinajstić information content (AvgIpc) is 2.85. The second kappa shape index (κ2) is 7.79. The second-order valence-electron chi connectivity index (χ2n) is 6.34. The van der Waals surface area contributed by atoms with Crippen molar-refractivity contribution < 1.29 is 9.53 Å². The number of aromatic nitrogens is 2. The smallest absolute Gasteiger partial charge is 0.244 e. The van der Waals surface area contributed by atoms with Crippen LogP contribution in [0.5, 0.6) is 5.75 Å². The Morgan fingerprint density at radius 2 is 2.23 bits per heavy atom. The van der Waals surface area contributed by atoms with Gasteiger partial charge in [-0.05, 0) is 55.7 Å². The van der Waals surface area contributed by atoms with Gasteiger partial charge in [-0.15, -0.1) is 0 Å². The van der Waals surface area contributed by atoms with E-state index >= 15 is 0 Å². The zero-order valence-corrected chi connectivity index (χ0v) is 15.9. The van der Waals surface area contributed by atoms with Crippen molar-refractivity contribution >= 4 is 23.6 Å². The van der Waals surface area contributed by atoms with Crippen LogP contribution >= 0.6 is 11.6 Å². The summed E-state index contributed by atoms with van der Waals surface area (Å²) in [7, 11) is 1.93. The molecule has 1 N–H and O–H groups in total. The highest BCUT2D eigenvalue weighted by Gasteiger charge is 2.11. The van der Waals surface area contributed by atoms with E-state index in [1.54, 1.807) is 12.1 Å². The van der Waals surface area contributed by atoms with Gasteiger partial charge in [0.05, 0.1) is 5.69 Å². The van der Waals surface area contributed by atoms with Crippen molar-refractivity contribution in [1.29, 1.82) is 0 Å². The van der Waals surface area contributed by atoms with Crippen LogP contribution in [0.4, 0.5) is 0 Å². The van der Waals surface area contributed by atoms with E-state index in [4.69, 9.17) is 16.3 Å². The van der Waals surface area contributed by atoms with Gasteiger partial charge >= 0.3 is 0 Å². The minimum atomic E-state index is -0.123. The second-order valence-corrected chi connectivity index (χ2v) is 6.77. The van der Waals surface area contributed by atoms with E-state index in [1.807, 2.05) is 43.8 Å². The molecule has 5 nitrogen and oxygen atoms in total. The molecule has 136 valence electrons. The van der Waals surface area contributed by atoms with Gasteiger partial charge < -0.3 is 10.1 Å². The Balaban J connectivity index is 1.55. The summed E-state index contributed by atoms with van der Waals surface area (Å²) in [6, 6.07) is 5.50. The molecule has 26 heavy (non-hydrogen) atoms. The summed E-state index contributed by atoms with van der Waals surface area (Å²) in [5.41, 5.74) is 5.18. The van der Waals surface area contributed by atoms with Crippen LogP contribution in [0, 0.1) is 13.8 Å². The molecule has 0 saturated carbocycles. The van der Waals surface area contributed by atoms with E-state index in [1.165, 1.54) is 11.6 Å². The van der Waals surface area contributed by atoms with Crippen LogP contribution in [0.25, 0.3) is 6.08 Å². The topological polar surface area (TPSA) is 56.2 Å². The summed E-state index contributed by atoms with van der Waals surface area (Å²) in [6.07, 6.45) is 6.06. The van der Waals surface area contributed by atoms with Crippen molar-refractivity contribution in [2.24, 2.45) is 7.05 Å². The number of ether oxygens (including phenoxy) is 1. The van der Waals surface area contributed by atoms with E-state index in [-0.39, 0.29) is 5.91 Å². The third kappa shape index (κ3) is 4.17. The lowest BCUT2D eigenvalue weighted by Gasteiger charge is -2.16. The summed E-state index contributed by atoms with van der Waals surface area (Å²) < 4.78 is 7.54. The average molecular weight is 372 g/mol. The van der Waals surface area contributed by atoms with Crippen molar-refractivity contribution in [2.45, 2.75) is 20.3 Å². The summed E-state index contributed by atoms with van der Waals surface area (Å²) >= 11 is 6.01. The molecule has 0 fully saturated rings. The highest BCUT2D eigenvalue weighted by molar-refractivity contribution is 6.30. The third-order valence-electron chi connectivity index (χ3n) is 4.49. The zero-order chi connectivity index (χ0) is 18.7. The maximum atomic E-state index is 12.0. The summed E-state index contributed by atoms with van der Waals surface area (Å²) in [5, 5.41) is 7.96. The SMILES string of the molecule is Cc1nn(C)c(C)c1CCNC(=O)/C=C/C1=Cc2cc(Cl)ccc2OC1. The lowest BCUT2D eigenvalue weighted by atomic mass is 10.1. The summed E-state index contributed by atoms with van der Waals surface area (Å²) in [5.74, 6) is 0.681. The van der Waals surface area contributed by atoms with Gasteiger partial charge in [0.15, 0.2) is 0 Å². The number of nitrogens with one attached hydrogen (secondary N) is 1. The van der Waals surface area contributed by atoms with Crippen molar-refractivity contribution in [2.75, 3.05) is 13.2 Å². The van der Waals surface area contributed by atoms with E-state index in [9.17, 15) is 4.79 Å². The van der Waals surface area contributed by atoms with Crippen molar-refractivity contribution in [3.8, 4) is 5.75 Å². The molecule has 2 aromatic rings. The van der Waals surface area contributed by atoms with E-state index < -0.39 is 0 Å². The number of carbonyl (C=O) groups excluding carboxylic acids is 1. The van der Waals surface area contributed by atoms with Crippen LogP contribution in [-0.2, 0) is 18.3 Å². The van der Waals surface area contributed by atoms with Crippen molar-refractivity contribution in [3.63, 3.8) is 0 Å².